The summed E-state index contributed by atoms with van der Waals surface area (Å²) >= 11 is 0. The van der Waals surface area contributed by atoms with E-state index in [2.05, 4.69) is 42.5 Å². The van der Waals surface area contributed by atoms with Crippen LogP contribution in [0.15, 0.2) is 103 Å². The van der Waals surface area contributed by atoms with Crippen molar-refractivity contribution < 1.29 is 28.4 Å². The van der Waals surface area contributed by atoms with Gasteiger partial charge in [-0.25, -0.2) is 0 Å². The van der Waals surface area contributed by atoms with Gasteiger partial charge in [0.15, 0.2) is 5.60 Å². The number of amides is 2. The lowest BCUT2D eigenvalue weighted by molar-refractivity contribution is -0.150. The van der Waals surface area contributed by atoms with E-state index >= 15 is 0 Å². The molecule has 1 atom stereocenters. The summed E-state index contributed by atoms with van der Waals surface area (Å²) in [5, 5.41) is 0. The molecule has 306 valence electrons. The van der Waals surface area contributed by atoms with E-state index in [1.165, 1.54) is 11.1 Å². The normalized spacial score (nSPS) is 20.7. The molecule has 3 saturated heterocycles. The zero-order valence-corrected chi connectivity index (χ0v) is 33.8. The number of likely N-dealkylation sites (tertiary alicyclic amines) is 2. The van der Waals surface area contributed by atoms with Crippen molar-refractivity contribution in [2.24, 2.45) is 17.4 Å². The molecule has 4 aromatic carbocycles. The van der Waals surface area contributed by atoms with Crippen LogP contribution in [0.4, 0.5) is 0 Å². The van der Waals surface area contributed by atoms with Crippen LogP contribution >= 0.6 is 0 Å². The molecule has 3 heterocycles. The van der Waals surface area contributed by atoms with Crippen LogP contribution in [0.25, 0.3) is 6.08 Å². The van der Waals surface area contributed by atoms with Crippen molar-refractivity contribution in [3.8, 4) is 5.75 Å². The first-order valence-electron chi connectivity index (χ1n) is 21.4. The summed E-state index contributed by atoms with van der Waals surface area (Å²) in [6.45, 7) is 3.75. The van der Waals surface area contributed by atoms with Crippen LogP contribution < -0.4 is 16.2 Å². The van der Waals surface area contributed by atoms with Gasteiger partial charge in [0.2, 0.25) is 0 Å². The number of piperidine rings is 2. The van der Waals surface area contributed by atoms with Crippen molar-refractivity contribution in [1.82, 2.24) is 9.80 Å². The molecule has 11 heteroatoms. The second-order valence-corrected chi connectivity index (χ2v) is 16.6. The van der Waals surface area contributed by atoms with Gasteiger partial charge < -0.3 is 35.3 Å². The number of rotatable bonds is 12. The smallest absolute Gasteiger partial charge is 0.504 e. The number of ether oxygens (including phenoxy) is 1. The molecule has 0 radical (unpaired) electrons. The van der Waals surface area contributed by atoms with Crippen molar-refractivity contribution in [2.45, 2.75) is 81.9 Å². The molecule has 1 aliphatic carbocycles. The van der Waals surface area contributed by atoms with E-state index in [4.69, 9.17) is 25.5 Å². The molecule has 0 unspecified atom stereocenters. The van der Waals surface area contributed by atoms with Gasteiger partial charge in [0, 0.05) is 56.3 Å². The molecule has 59 heavy (non-hydrogen) atoms. The molecule has 1 saturated carbocycles. The number of carbonyl (C=O) groups is 3. The Morgan fingerprint density at radius 1 is 0.712 bits per heavy atom. The lowest BCUT2D eigenvalue weighted by Gasteiger charge is -2.33. The first kappa shape index (κ1) is 40.5. The minimum absolute atomic E-state index is 0.00968. The second-order valence-electron chi connectivity index (χ2n) is 16.6. The molecular weight excluding hydrogens is 739 g/mol. The van der Waals surface area contributed by atoms with Gasteiger partial charge >= 0.3 is 13.1 Å². The minimum atomic E-state index is -1.27. The van der Waals surface area contributed by atoms with Gasteiger partial charge in [-0.15, -0.1) is 0 Å². The van der Waals surface area contributed by atoms with Crippen molar-refractivity contribution in [2.75, 3.05) is 32.8 Å². The summed E-state index contributed by atoms with van der Waals surface area (Å²) in [4.78, 5) is 44.8. The van der Waals surface area contributed by atoms with Crippen LogP contribution in [0.2, 0.25) is 0 Å². The number of nitrogens with two attached hydrogens (primary N) is 2. The molecular formula is C48H55BN4O6. The average molecular weight is 795 g/mol. The Hall–Kier alpha value is -5.23. The van der Waals surface area contributed by atoms with E-state index in [1.807, 2.05) is 64.4 Å². The molecule has 4 aliphatic rings. The summed E-state index contributed by atoms with van der Waals surface area (Å²) in [6.07, 6.45) is 9.12. The van der Waals surface area contributed by atoms with Crippen LogP contribution in [-0.4, -0.2) is 73.1 Å². The molecule has 0 aromatic heterocycles. The average Bonchev–Trinajstić information content (AvgIpc) is 3.96. The maximum Gasteiger partial charge on any atom is 0.557 e. The quantitative estimate of drug-likeness (QED) is 0.143. The zero-order valence-electron chi connectivity index (χ0n) is 33.8. The Bertz CT molecular complexity index is 2160. The van der Waals surface area contributed by atoms with Crippen LogP contribution in [0.5, 0.6) is 5.75 Å². The summed E-state index contributed by atoms with van der Waals surface area (Å²) in [7, 11) is -0.906. The summed E-state index contributed by atoms with van der Waals surface area (Å²) in [5.41, 5.74) is 17.3. The molecule has 4 aromatic rings. The molecule has 0 spiro atoms. The lowest BCUT2D eigenvalue weighted by atomic mass is 9.84. The summed E-state index contributed by atoms with van der Waals surface area (Å²) in [5.74, 6) is 2.53. The molecule has 8 rings (SSSR count). The standard InChI is InChI=1S/C48H55BN4O6/c50-31-35-8-4-10-39(28-35)37-18-23-52(24-19-37)45(54)41-12-3-7-34(27-41)17-22-49-58-47(56)48(59-49,43-14-1-2-15-43)33-57-44-16-6-13-42(30-44)46(55)53-25-20-38(21-26-53)40-11-5-9-36(29-40)32-51/h3-13,16-17,22,27-30,37-38,43H,1-2,14-15,18-21,23-26,31-33,50-51H2/t48-/m1/s1. The highest BCUT2D eigenvalue weighted by Crippen LogP contribution is 2.42. The van der Waals surface area contributed by atoms with Crippen LogP contribution in [0.3, 0.4) is 0 Å². The van der Waals surface area contributed by atoms with Crippen LogP contribution in [0, 0.1) is 5.92 Å². The highest BCUT2D eigenvalue weighted by atomic mass is 16.7. The predicted octanol–water partition coefficient (Wildman–Crippen LogP) is 7.27. The second kappa shape index (κ2) is 18.4. The molecule has 3 aliphatic heterocycles. The number of carbonyl (C=O) groups excluding carboxylic acids is 3. The number of hydrogen-bond acceptors (Lipinski definition) is 8. The zero-order chi connectivity index (χ0) is 40.8. The van der Waals surface area contributed by atoms with Crippen LogP contribution in [0.1, 0.15) is 112 Å². The van der Waals surface area contributed by atoms with Gasteiger partial charge in [-0.2, -0.15) is 0 Å². The minimum Gasteiger partial charge on any atom is -0.504 e. The third-order valence-electron chi connectivity index (χ3n) is 12.9. The van der Waals surface area contributed by atoms with Crippen molar-refractivity contribution in [1.29, 1.82) is 0 Å². The lowest BCUT2D eigenvalue weighted by Crippen LogP contribution is -2.49. The first-order valence-corrected chi connectivity index (χ1v) is 21.4. The van der Waals surface area contributed by atoms with Crippen molar-refractivity contribution in [3.05, 3.63) is 142 Å². The topological polar surface area (TPSA) is 137 Å². The highest BCUT2D eigenvalue weighted by Gasteiger charge is 2.57. The Labute approximate surface area is 348 Å². The van der Waals surface area contributed by atoms with E-state index in [1.54, 1.807) is 12.0 Å². The Kier molecular flexibility index (Phi) is 12.6. The van der Waals surface area contributed by atoms with Gasteiger partial charge in [-0.05, 0) is 114 Å². The Morgan fingerprint density at radius 2 is 1.25 bits per heavy atom. The molecule has 0 bridgehead atoms. The molecule has 4 fully saturated rings. The SMILES string of the molecule is NCc1cccc(C2CCN(C(=O)c3cccc(C=CB4OC(=O)[C@@](COc5cccc(C(=O)N6CCC(c7cccc(CN)c7)CC6)c5)(C5CCCC5)O4)c3)CC2)c1. The monoisotopic (exact) mass is 794 g/mol. The van der Waals surface area contributed by atoms with Gasteiger partial charge in [0.05, 0.1) is 0 Å². The van der Waals surface area contributed by atoms with Gasteiger partial charge in [-0.3, -0.25) is 14.4 Å². The predicted molar refractivity (Wildman–Crippen MR) is 229 cm³/mol. The number of benzene rings is 4. The fraction of sp³-hybridized carbons (Fsp3) is 0.396. The van der Waals surface area contributed by atoms with Gasteiger partial charge in [0.25, 0.3) is 11.8 Å². The fourth-order valence-corrected chi connectivity index (χ4v) is 9.45. The maximum atomic E-state index is 13.8. The van der Waals surface area contributed by atoms with E-state index in [9.17, 15) is 14.4 Å². The van der Waals surface area contributed by atoms with E-state index in [0.717, 1.165) is 68.1 Å². The Balaban J connectivity index is 0.879. The number of nitrogens with zero attached hydrogens (tertiary/aromatic N) is 2. The Morgan fingerprint density at radius 3 is 1.83 bits per heavy atom. The van der Waals surface area contributed by atoms with Gasteiger partial charge in [0.1, 0.15) is 12.4 Å². The number of hydrogen-bond donors (Lipinski definition) is 2. The van der Waals surface area contributed by atoms with E-state index in [0.29, 0.717) is 68.0 Å². The van der Waals surface area contributed by atoms with E-state index in [-0.39, 0.29) is 24.3 Å². The van der Waals surface area contributed by atoms with E-state index < -0.39 is 18.7 Å². The van der Waals surface area contributed by atoms with Crippen molar-refractivity contribution in [3.63, 3.8) is 0 Å². The molecule has 4 N–H and O–H groups in total. The summed E-state index contributed by atoms with van der Waals surface area (Å²) in [6, 6.07) is 31.6. The maximum absolute atomic E-state index is 13.8. The highest BCUT2D eigenvalue weighted by molar-refractivity contribution is 6.56. The first-order chi connectivity index (χ1) is 28.8. The molecule has 10 nitrogen and oxygen atoms in total. The molecule has 2 amide bonds. The largest absolute Gasteiger partial charge is 0.557 e. The summed E-state index contributed by atoms with van der Waals surface area (Å²) < 4.78 is 18.7. The van der Waals surface area contributed by atoms with Crippen LogP contribution in [-0.2, 0) is 27.2 Å². The van der Waals surface area contributed by atoms with Crippen molar-refractivity contribution >= 4 is 31.0 Å². The third kappa shape index (κ3) is 9.18. The van der Waals surface area contributed by atoms with Gasteiger partial charge in [-0.1, -0.05) is 85.6 Å². The fourth-order valence-electron chi connectivity index (χ4n) is 9.45. The third-order valence-corrected chi connectivity index (χ3v) is 12.9.